The molecule has 0 saturated carbocycles. The van der Waals surface area contributed by atoms with Gasteiger partial charge in [-0.15, -0.1) is 0 Å². The number of hydrazone groups is 1. The highest BCUT2D eigenvalue weighted by Gasteiger charge is 2.32. The summed E-state index contributed by atoms with van der Waals surface area (Å²) in [7, 11) is 0.427. The first kappa shape index (κ1) is 17.7. The van der Waals surface area contributed by atoms with Crippen molar-refractivity contribution >= 4 is 31.0 Å². The Labute approximate surface area is 165 Å². The Balaban J connectivity index is 1.44. The molecule has 144 valence electrons. The number of amides is 1. The molecular weight excluding hydrogens is 371 g/mol. The number of nitrogens with zero attached hydrogens (tertiary/aromatic N) is 5. The lowest BCUT2D eigenvalue weighted by atomic mass is 9.92. The number of piperidine rings is 1. The quantitative estimate of drug-likeness (QED) is 0.794. The molecule has 8 heteroatoms. The Kier molecular flexibility index (Phi) is 4.37. The summed E-state index contributed by atoms with van der Waals surface area (Å²) >= 11 is 0. The second-order valence-corrected chi connectivity index (χ2v) is 8.98. The van der Waals surface area contributed by atoms with Gasteiger partial charge in [-0.25, -0.2) is 9.52 Å². The van der Waals surface area contributed by atoms with Gasteiger partial charge in [-0.2, -0.15) is 10.2 Å². The Hall–Kier alpha value is -2.37. The molecule has 7 nitrogen and oxygen atoms in total. The third kappa shape index (κ3) is 3.09. The van der Waals surface area contributed by atoms with Crippen LogP contribution in [0.4, 0.5) is 0 Å². The van der Waals surface area contributed by atoms with Gasteiger partial charge in [0.15, 0.2) is 0 Å². The standard InChI is InChI=1S/C20H23N6OP/c1-12-11-25-17(13(2)22-12)9-16(23-25)18-10-19(27)26-20(28-18)4-3-15(24-26)14-5-7-21-8-6-14/h3-4,9-11,14,20-21,28H,5-8H2,1-2H3. The topological polar surface area (TPSA) is 74.9 Å². The number of aromatic nitrogens is 3. The van der Waals surface area contributed by atoms with E-state index >= 15 is 0 Å². The smallest absolute Gasteiger partial charge is 0.268 e. The van der Waals surface area contributed by atoms with Crippen molar-refractivity contribution in [2.75, 3.05) is 13.1 Å². The summed E-state index contributed by atoms with van der Waals surface area (Å²) in [5.41, 5.74) is 4.74. The number of hydrogen-bond acceptors (Lipinski definition) is 5. The minimum absolute atomic E-state index is 0.0104. The van der Waals surface area contributed by atoms with Crippen LogP contribution < -0.4 is 5.32 Å². The van der Waals surface area contributed by atoms with E-state index in [1.165, 1.54) is 0 Å². The number of carbonyl (C=O) groups excluding carboxylic acids is 1. The lowest BCUT2D eigenvalue weighted by molar-refractivity contribution is -0.126. The van der Waals surface area contributed by atoms with Crippen LogP contribution in [0.5, 0.6) is 0 Å². The Morgan fingerprint density at radius 3 is 2.89 bits per heavy atom. The highest BCUT2D eigenvalue weighted by atomic mass is 31.1. The molecule has 0 aliphatic carbocycles. The molecule has 0 bridgehead atoms. The molecular formula is C20H23N6OP. The van der Waals surface area contributed by atoms with E-state index in [1.54, 1.807) is 11.1 Å². The number of hydrogen-bond donors (Lipinski definition) is 1. The van der Waals surface area contributed by atoms with Gasteiger partial charge in [0.1, 0.15) is 0 Å². The summed E-state index contributed by atoms with van der Waals surface area (Å²) in [5, 5.41) is 15.4. The van der Waals surface area contributed by atoms with Gasteiger partial charge in [-0.1, -0.05) is 14.7 Å². The van der Waals surface area contributed by atoms with E-state index in [4.69, 9.17) is 10.2 Å². The summed E-state index contributed by atoms with van der Waals surface area (Å²) in [5.74, 6) is 0.374. The maximum absolute atomic E-state index is 12.8. The maximum Gasteiger partial charge on any atom is 0.268 e. The normalized spacial score (nSPS) is 23.9. The third-order valence-corrected chi connectivity index (χ3v) is 6.97. The van der Waals surface area contributed by atoms with E-state index in [0.717, 1.165) is 59.6 Å². The van der Waals surface area contributed by atoms with E-state index in [9.17, 15) is 4.79 Å². The van der Waals surface area contributed by atoms with Crippen molar-refractivity contribution in [3.63, 3.8) is 0 Å². The van der Waals surface area contributed by atoms with Gasteiger partial charge in [-0.3, -0.25) is 9.78 Å². The van der Waals surface area contributed by atoms with E-state index < -0.39 is 0 Å². The zero-order valence-corrected chi connectivity index (χ0v) is 17.0. The third-order valence-electron chi connectivity index (χ3n) is 5.53. The fraction of sp³-hybridized carbons (Fsp3) is 0.400. The van der Waals surface area contributed by atoms with Gasteiger partial charge in [-0.05, 0) is 51.9 Å². The summed E-state index contributed by atoms with van der Waals surface area (Å²) < 4.78 is 1.86. The molecule has 3 aliphatic heterocycles. The summed E-state index contributed by atoms with van der Waals surface area (Å²) in [6, 6.07) is 2.03. The lowest BCUT2D eigenvalue weighted by Gasteiger charge is -2.34. The van der Waals surface area contributed by atoms with Crippen molar-refractivity contribution in [2.24, 2.45) is 11.0 Å². The van der Waals surface area contributed by atoms with E-state index in [0.29, 0.717) is 14.5 Å². The first-order valence-corrected chi connectivity index (χ1v) is 10.8. The van der Waals surface area contributed by atoms with Crippen LogP contribution in [-0.4, -0.2) is 50.1 Å². The molecule has 1 saturated heterocycles. The maximum atomic E-state index is 12.8. The molecule has 2 aromatic heterocycles. The van der Waals surface area contributed by atoms with Crippen LogP contribution in [0.1, 0.15) is 29.9 Å². The van der Waals surface area contributed by atoms with Crippen LogP contribution in [0.25, 0.3) is 10.8 Å². The molecule has 3 aliphatic rings. The van der Waals surface area contributed by atoms with E-state index in [-0.39, 0.29) is 11.7 Å². The number of rotatable bonds is 2. The predicted octanol–water partition coefficient (Wildman–Crippen LogP) is 2.46. The van der Waals surface area contributed by atoms with Crippen LogP contribution in [0.2, 0.25) is 0 Å². The molecule has 1 fully saturated rings. The fourth-order valence-corrected chi connectivity index (χ4v) is 5.38. The van der Waals surface area contributed by atoms with E-state index in [1.807, 2.05) is 30.6 Å². The number of carbonyl (C=O) groups is 1. The molecule has 1 N–H and O–H groups in total. The van der Waals surface area contributed by atoms with Crippen molar-refractivity contribution in [2.45, 2.75) is 32.5 Å². The van der Waals surface area contributed by atoms with Gasteiger partial charge in [0, 0.05) is 17.3 Å². The van der Waals surface area contributed by atoms with Crippen molar-refractivity contribution < 1.29 is 4.79 Å². The Morgan fingerprint density at radius 1 is 1.25 bits per heavy atom. The minimum atomic E-state index is -0.0578. The molecule has 2 unspecified atom stereocenters. The number of nitrogens with one attached hydrogen (secondary N) is 1. The molecule has 0 radical (unpaired) electrons. The predicted molar refractivity (Wildman–Crippen MR) is 112 cm³/mol. The van der Waals surface area contributed by atoms with Crippen LogP contribution in [0.3, 0.4) is 0 Å². The van der Waals surface area contributed by atoms with Crippen molar-refractivity contribution in [3.05, 3.63) is 47.6 Å². The first-order valence-electron chi connectivity index (χ1n) is 9.71. The average Bonchev–Trinajstić information content (AvgIpc) is 3.13. The van der Waals surface area contributed by atoms with Crippen LogP contribution in [0, 0.1) is 19.8 Å². The lowest BCUT2D eigenvalue weighted by Crippen LogP contribution is -2.39. The van der Waals surface area contributed by atoms with Crippen LogP contribution in [-0.2, 0) is 4.79 Å². The summed E-state index contributed by atoms with van der Waals surface area (Å²) in [4.78, 5) is 17.3. The highest BCUT2D eigenvalue weighted by Crippen LogP contribution is 2.44. The van der Waals surface area contributed by atoms with Crippen LogP contribution >= 0.6 is 8.58 Å². The van der Waals surface area contributed by atoms with Gasteiger partial charge in [0.05, 0.1) is 40.3 Å². The Bertz CT molecular complexity index is 1050. The average molecular weight is 394 g/mol. The van der Waals surface area contributed by atoms with E-state index in [2.05, 4.69) is 22.5 Å². The molecule has 0 spiro atoms. The SMILES string of the molecule is Cc1cn2nc(C3=CC(=O)N4N=C(C5CCNCC5)C=CC4P3)cc2c(C)n1. The van der Waals surface area contributed by atoms with Gasteiger partial charge >= 0.3 is 0 Å². The van der Waals surface area contributed by atoms with Crippen molar-refractivity contribution in [1.29, 1.82) is 0 Å². The summed E-state index contributed by atoms with van der Waals surface area (Å²) in [6.45, 7) is 5.98. The number of aryl methyl sites for hydroxylation is 2. The number of allylic oxidation sites excluding steroid dienone is 1. The molecule has 5 rings (SSSR count). The largest absolute Gasteiger partial charge is 0.317 e. The Morgan fingerprint density at radius 2 is 2.07 bits per heavy atom. The summed E-state index contributed by atoms with van der Waals surface area (Å²) in [6.07, 6.45) is 10.0. The minimum Gasteiger partial charge on any atom is -0.317 e. The zero-order valence-electron chi connectivity index (χ0n) is 16.0. The van der Waals surface area contributed by atoms with Gasteiger partial charge in [0.2, 0.25) is 0 Å². The first-order chi connectivity index (χ1) is 13.6. The van der Waals surface area contributed by atoms with Crippen molar-refractivity contribution in [3.8, 4) is 0 Å². The highest BCUT2D eigenvalue weighted by molar-refractivity contribution is 7.51. The fourth-order valence-electron chi connectivity index (χ4n) is 4.08. The molecule has 1 amide bonds. The van der Waals surface area contributed by atoms with Crippen LogP contribution in [0.15, 0.2) is 35.6 Å². The zero-order chi connectivity index (χ0) is 19.3. The molecule has 2 aromatic rings. The molecule has 2 atom stereocenters. The van der Waals surface area contributed by atoms with Gasteiger partial charge in [0.25, 0.3) is 5.91 Å². The molecule has 28 heavy (non-hydrogen) atoms. The second kappa shape index (κ2) is 6.90. The monoisotopic (exact) mass is 394 g/mol. The molecule has 5 heterocycles. The van der Waals surface area contributed by atoms with Crippen molar-refractivity contribution in [1.82, 2.24) is 24.9 Å². The number of fused-ring (bicyclic) bond motifs is 2. The van der Waals surface area contributed by atoms with Gasteiger partial charge < -0.3 is 5.32 Å². The second-order valence-electron chi connectivity index (χ2n) is 7.57. The molecule has 0 aromatic carbocycles.